The molecule has 194 valence electrons. The fourth-order valence-electron chi connectivity index (χ4n) is 5.89. The van der Waals surface area contributed by atoms with Crippen LogP contribution in [-0.4, -0.2) is 58.2 Å². The molecule has 2 aliphatic carbocycles. The van der Waals surface area contributed by atoms with Gasteiger partial charge in [-0.2, -0.15) is 0 Å². The molecule has 3 N–H and O–H groups in total. The second-order valence-electron chi connectivity index (χ2n) is 10.2. The molecule has 2 aliphatic heterocycles. The maximum atomic E-state index is 13.6. The van der Waals surface area contributed by atoms with Crippen molar-refractivity contribution >= 4 is 41.0 Å². The van der Waals surface area contributed by atoms with Gasteiger partial charge in [-0.1, -0.05) is 6.07 Å². The Balaban J connectivity index is 1.24. The molecule has 11 heteroatoms. The van der Waals surface area contributed by atoms with Crippen molar-refractivity contribution in [3.05, 3.63) is 51.2 Å². The zero-order chi connectivity index (χ0) is 25.9. The number of benzene rings is 1. The molecule has 1 saturated carbocycles. The minimum Gasteiger partial charge on any atom is -0.427 e. The molecule has 0 bridgehead atoms. The van der Waals surface area contributed by atoms with Gasteiger partial charge in [0.05, 0.1) is 0 Å². The van der Waals surface area contributed by atoms with Crippen molar-refractivity contribution in [3.63, 3.8) is 0 Å². The van der Waals surface area contributed by atoms with Gasteiger partial charge < -0.3 is 25.4 Å². The zero-order valence-electron chi connectivity index (χ0n) is 20.4. The molecule has 0 unspecified atom stereocenters. The number of ether oxygens (including phenoxy) is 1. The topological polar surface area (TPSA) is 128 Å². The van der Waals surface area contributed by atoms with Crippen LogP contribution < -0.4 is 10.6 Å². The van der Waals surface area contributed by atoms with Crippen LogP contribution in [0, 0.1) is 5.92 Å². The number of imide groups is 1. The number of hydrogen-bond donors (Lipinski definition) is 3. The van der Waals surface area contributed by atoms with Gasteiger partial charge in [0.1, 0.15) is 12.3 Å². The summed E-state index contributed by atoms with van der Waals surface area (Å²) in [5.74, 6) is -1.05. The Labute approximate surface area is 217 Å². The Bertz CT molecular complexity index is 1320. The summed E-state index contributed by atoms with van der Waals surface area (Å²) in [4.78, 5) is 55.4. The third kappa shape index (κ3) is 3.79. The highest BCUT2D eigenvalue weighted by Crippen LogP contribution is 2.48. The first-order chi connectivity index (χ1) is 17.7. The van der Waals surface area contributed by atoms with E-state index in [1.54, 1.807) is 29.5 Å². The van der Waals surface area contributed by atoms with Crippen LogP contribution in [-0.2, 0) is 39.3 Å². The lowest BCUT2D eigenvalue weighted by Crippen LogP contribution is -2.55. The number of aliphatic hydroxyl groups is 1. The molecule has 1 spiro atoms. The summed E-state index contributed by atoms with van der Waals surface area (Å²) in [6.45, 7) is -0.240. The normalized spacial score (nSPS) is 26.5. The van der Waals surface area contributed by atoms with E-state index in [-0.39, 0.29) is 24.9 Å². The minimum atomic E-state index is -1.48. The van der Waals surface area contributed by atoms with Crippen molar-refractivity contribution < 1.29 is 29.0 Å². The monoisotopic (exact) mass is 524 g/mol. The molecular formula is C26H28N4O6S. The van der Waals surface area contributed by atoms with Crippen LogP contribution in [0.15, 0.2) is 29.6 Å². The molecule has 10 nitrogen and oxygen atoms in total. The minimum absolute atomic E-state index is 0.00247. The van der Waals surface area contributed by atoms with E-state index in [1.165, 1.54) is 11.9 Å². The van der Waals surface area contributed by atoms with Gasteiger partial charge in [-0.3, -0.25) is 9.59 Å². The molecule has 1 aromatic heterocycles. The number of hydrogen-bond acceptors (Lipinski definition) is 7. The van der Waals surface area contributed by atoms with Crippen LogP contribution in [0.1, 0.15) is 47.3 Å². The SMILES string of the molecule is CNC(=O)Nc1ccc2c(c1)CC[C@@]21OC(=O)N(CC(=O)N2Cc3ccsc3CC[C@]2(O)C2CC2)C1=O. The predicted molar refractivity (Wildman–Crippen MR) is 134 cm³/mol. The van der Waals surface area contributed by atoms with E-state index in [1.807, 2.05) is 11.4 Å². The van der Waals surface area contributed by atoms with Gasteiger partial charge in [-0.05, 0) is 60.4 Å². The van der Waals surface area contributed by atoms with E-state index in [4.69, 9.17) is 4.74 Å². The zero-order valence-corrected chi connectivity index (χ0v) is 21.2. The molecule has 2 aromatic rings. The van der Waals surface area contributed by atoms with Crippen LogP contribution in [0.25, 0.3) is 0 Å². The van der Waals surface area contributed by atoms with Crippen molar-refractivity contribution in [1.82, 2.24) is 15.1 Å². The molecular weight excluding hydrogens is 496 g/mol. The number of rotatable bonds is 4. The Kier molecular flexibility index (Phi) is 5.53. The second kappa shape index (κ2) is 8.56. The van der Waals surface area contributed by atoms with E-state index in [0.717, 1.165) is 33.7 Å². The number of aryl methyl sites for hydroxylation is 2. The molecule has 4 aliphatic rings. The number of urea groups is 1. The molecule has 6 rings (SSSR count). The molecule has 5 amide bonds. The third-order valence-electron chi connectivity index (χ3n) is 8.02. The Hall–Kier alpha value is -3.44. The van der Waals surface area contributed by atoms with E-state index in [9.17, 15) is 24.3 Å². The lowest BCUT2D eigenvalue weighted by Gasteiger charge is -2.39. The van der Waals surface area contributed by atoms with Crippen LogP contribution in [0.4, 0.5) is 15.3 Å². The van der Waals surface area contributed by atoms with E-state index < -0.39 is 35.8 Å². The third-order valence-corrected chi connectivity index (χ3v) is 9.05. The van der Waals surface area contributed by atoms with E-state index in [0.29, 0.717) is 30.5 Å². The molecule has 1 aromatic carbocycles. The summed E-state index contributed by atoms with van der Waals surface area (Å²) in [6.07, 6.45) is 2.68. The van der Waals surface area contributed by atoms with Crippen molar-refractivity contribution in [2.75, 3.05) is 18.9 Å². The number of amides is 5. The smallest absolute Gasteiger partial charge is 0.418 e. The maximum absolute atomic E-state index is 13.6. The second-order valence-corrected chi connectivity index (χ2v) is 11.2. The van der Waals surface area contributed by atoms with Gasteiger partial charge in [-0.15, -0.1) is 11.3 Å². The largest absolute Gasteiger partial charge is 0.427 e. The summed E-state index contributed by atoms with van der Waals surface area (Å²) in [7, 11) is 1.51. The van der Waals surface area contributed by atoms with Crippen LogP contribution in [0.2, 0.25) is 0 Å². The Morgan fingerprint density at radius 1 is 1.16 bits per heavy atom. The number of fused-ring (bicyclic) bond motifs is 3. The van der Waals surface area contributed by atoms with Crippen molar-refractivity contribution in [2.45, 2.75) is 56.4 Å². The number of carbonyl (C=O) groups is 4. The van der Waals surface area contributed by atoms with Crippen molar-refractivity contribution in [1.29, 1.82) is 0 Å². The molecule has 1 saturated heterocycles. The Morgan fingerprint density at radius 3 is 2.73 bits per heavy atom. The van der Waals surface area contributed by atoms with Crippen LogP contribution in [0.3, 0.4) is 0 Å². The molecule has 3 heterocycles. The highest BCUT2D eigenvalue weighted by molar-refractivity contribution is 7.10. The standard InChI is InChI=1S/C26H28N4O6S/c1-27-23(33)28-18-4-5-19-15(12-18)6-9-25(19)22(32)29(24(34)36-25)14-21(31)30-13-16-8-11-37-20(16)7-10-26(30,35)17-2-3-17/h4-5,8,11-12,17,35H,2-3,6-7,9-10,13-14H2,1H3,(H2,27,28,33)/t25-,26+/m1/s1. The van der Waals surface area contributed by atoms with Crippen LogP contribution >= 0.6 is 11.3 Å². The first kappa shape index (κ1) is 23.9. The van der Waals surface area contributed by atoms with Crippen molar-refractivity contribution in [2.24, 2.45) is 5.92 Å². The lowest BCUT2D eigenvalue weighted by atomic mass is 9.94. The van der Waals surface area contributed by atoms with Gasteiger partial charge in [0.2, 0.25) is 11.5 Å². The average Bonchev–Trinajstić information content (AvgIpc) is 3.53. The van der Waals surface area contributed by atoms with Crippen molar-refractivity contribution in [3.8, 4) is 0 Å². The highest BCUT2D eigenvalue weighted by Gasteiger charge is 2.59. The summed E-state index contributed by atoms with van der Waals surface area (Å²) in [5.41, 5.74) is 0.137. The Morgan fingerprint density at radius 2 is 1.97 bits per heavy atom. The summed E-state index contributed by atoms with van der Waals surface area (Å²) in [5, 5.41) is 18.8. The van der Waals surface area contributed by atoms with Crippen LogP contribution in [0.5, 0.6) is 0 Å². The molecule has 2 fully saturated rings. The summed E-state index contributed by atoms with van der Waals surface area (Å²) >= 11 is 1.62. The maximum Gasteiger partial charge on any atom is 0.418 e. The van der Waals surface area contributed by atoms with E-state index in [2.05, 4.69) is 10.6 Å². The lowest BCUT2D eigenvalue weighted by molar-refractivity contribution is -0.170. The van der Waals surface area contributed by atoms with E-state index >= 15 is 0 Å². The molecule has 0 radical (unpaired) electrons. The number of carbonyl (C=O) groups excluding carboxylic acids is 4. The number of nitrogens with zero attached hydrogens (tertiary/aromatic N) is 2. The number of nitrogens with one attached hydrogen (secondary N) is 2. The average molecular weight is 525 g/mol. The first-order valence-electron chi connectivity index (χ1n) is 12.5. The molecule has 2 atom stereocenters. The fraction of sp³-hybridized carbons (Fsp3) is 0.462. The number of thiophene rings is 1. The number of anilines is 1. The van der Waals surface area contributed by atoms with Gasteiger partial charge in [0, 0.05) is 48.5 Å². The highest BCUT2D eigenvalue weighted by atomic mass is 32.1. The predicted octanol–water partition coefficient (Wildman–Crippen LogP) is 2.69. The van der Waals surface area contributed by atoms with Gasteiger partial charge in [0.25, 0.3) is 5.91 Å². The van der Waals surface area contributed by atoms with Gasteiger partial charge in [-0.25, -0.2) is 14.5 Å². The van der Waals surface area contributed by atoms with Gasteiger partial charge >= 0.3 is 12.1 Å². The quantitative estimate of drug-likeness (QED) is 0.564. The van der Waals surface area contributed by atoms with Gasteiger partial charge in [0.15, 0.2) is 0 Å². The first-order valence-corrected chi connectivity index (χ1v) is 13.4. The fourth-order valence-corrected chi connectivity index (χ4v) is 6.79. The summed E-state index contributed by atoms with van der Waals surface area (Å²) < 4.78 is 5.68. The molecule has 37 heavy (non-hydrogen) atoms. The summed E-state index contributed by atoms with van der Waals surface area (Å²) in [6, 6.07) is 6.70.